The highest BCUT2D eigenvalue weighted by Gasteiger charge is 2.37. The van der Waals surface area contributed by atoms with E-state index in [0.717, 1.165) is 32.7 Å². The first kappa shape index (κ1) is 22.1. The van der Waals surface area contributed by atoms with Crippen molar-refractivity contribution in [2.24, 2.45) is 0 Å². The van der Waals surface area contributed by atoms with E-state index in [2.05, 4.69) is 4.57 Å². The molecule has 1 aliphatic heterocycles. The molecule has 1 saturated heterocycles. The number of imide groups is 2. The molecule has 0 aliphatic carbocycles. The number of benzene rings is 2. The van der Waals surface area contributed by atoms with Gasteiger partial charge in [0.1, 0.15) is 5.57 Å². The first-order valence-electron chi connectivity index (χ1n) is 10.6. The van der Waals surface area contributed by atoms with Crippen molar-refractivity contribution >= 4 is 34.8 Å². The number of fused-ring (bicyclic) bond motifs is 1. The van der Waals surface area contributed by atoms with Gasteiger partial charge in [-0.2, -0.15) is 0 Å². The average Bonchev–Trinajstić information content (AvgIpc) is 3.19. The van der Waals surface area contributed by atoms with E-state index in [4.69, 9.17) is 9.47 Å². The van der Waals surface area contributed by atoms with Gasteiger partial charge in [-0.05, 0) is 30.7 Å². The van der Waals surface area contributed by atoms with Crippen molar-refractivity contribution in [2.45, 2.75) is 13.0 Å². The van der Waals surface area contributed by atoms with Crippen LogP contribution in [0.2, 0.25) is 0 Å². The van der Waals surface area contributed by atoms with Gasteiger partial charge in [0.05, 0.1) is 13.7 Å². The molecule has 0 atom stereocenters. The molecule has 1 aliphatic rings. The van der Waals surface area contributed by atoms with Crippen molar-refractivity contribution in [3.8, 4) is 11.5 Å². The number of barbiturate groups is 1. The highest BCUT2D eigenvalue weighted by atomic mass is 16.5. The predicted molar refractivity (Wildman–Crippen MR) is 124 cm³/mol. The quantitative estimate of drug-likeness (QED) is 0.314. The van der Waals surface area contributed by atoms with Crippen molar-refractivity contribution in [2.75, 3.05) is 27.8 Å². The lowest BCUT2D eigenvalue weighted by Gasteiger charge is -2.28. The lowest BCUT2D eigenvalue weighted by Crippen LogP contribution is -2.52. The van der Waals surface area contributed by atoms with Gasteiger partial charge in [-0.1, -0.05) is 30.3 Å². The Balaban J connectivity index is 1.56. The van der Waals surface area contributed by atoms with Crippen molar-refractivity contribution in [1.82, 2.24) is 14.4 Å². The molecule has 0 bridgehead atoms. The van der Waals surface area contributed by atoms with Gasteiger partial charge in [0, 0.05) is 43.3 Å². The molecule has 0 spiro atoms. The molecule has 2 aromatic carbocycles. The molecule has 170 valence electrons. The maximum Gasteiger partial charge on any atom is 0.333 e. The number of nitrogens with zero attached hydrogens (tertiary/aromatic N) is 3. The van der Waals surface area contributed by atoms with Crippen LogP contribution in [-0.4, -0.2) is 60.0 Å². The largest absolute Gasteiger partial charge is 0.493 e. The number of hydrogen-bond acceptors (Lipinski definition) is 5. The van der Waals surface area contributed by atoms with Crippen molar-refractivity contribution in [1.29, 1.82) is 0 Å². The summed E-state index contributed by atoms with van der Waals surface area (Å²) >= 11 is 0. The molecule has 4 amide bonds. The highest BCUT2D eigenvalue weighted by molar-refractivity contribution is 6.31. The number of amides is 4. The van der Waals surface area contributed by atoms with Gasteiger partial charge in [0.2, 0.25) is 0 Å². The molecule has 0 radical (unpaired) electrons. The number of para-hydroxylation sites is 3. The molecular formula is C25H25N3O5. The fourth-order valence-corrected chi connectivity index (χ4v) is 3.86. The summed E-state index contributed by atoms with van der Waals surface area (Å²) in [5, 5.41) is 0.915. The molecule has 1 aromatic heterocycles. The number of rotatable bonds is 7. The second-order valence-corrected chi connectivity index (χ2v) is 7.72. The zero-order chi connectivity index (χ0) is 23.5. The van der Waals surface area contributed by atoms with E-state index in [1.54, 1.807) is 13.2 Å². The van der Waals surface area contributed by atoms with Crippen LogP contribution in [-0.2, 0) is 16.1 Å². The maximum absolute atomic E-state index is 12.6. The Morgan fingerprint density at radius 1 is 0.879 bits per heavy atom. The molecule has 8 heteroatoms. The highest BCUT2D eigenvalue weighted by Crippen LogP contribution is 2.27. The minimum atomic E-state index is -0.639. The van der Waals surface area contributed by atoms with E-state index in [1.807, 2.05) is 54.7 Å². The molecule has 33 heavy (non-hydrogen) atoms. The standard InChI is InChI=1S/C25H25N3O5/c1-26-23(29)19(24(30)27(2)25(26)31)15-17-16-28(20-10-5-4-9-18(17)20)13-8-14-33-22-12-7-6-11-21(22)32-3/h4-7,9-12,15-16H,8,13-14H2,1-3H3. The number of aromatic nitrogens is 1. The van der Waals surface area contributed by atoms with Crippen molar-refractivity contribution in [3.05, 3.63) is 65.9 Å². The molecule has 3 aromatic rings. The molecule has 0 saturated carbocycles. The summed E-state index contributed by atoms with van der Waals surface area (Å²) in [6, 6.07) is 14.7. The third-order valence-corrected chi connectivity index (χ3v) is 5.63. The monoisotopic (exact) mass is 447 g/mol. The molecule has 4 rings (SSSR count). The number of likely N-dealkylation sites (N-methyl/N-ethyl adjacent to an activating group) is 2. The van der Waals surface area contributed by atoms with Crippen LogP contribution in [0.25, 0.3) is 17.0 Å². The Morgan fingerprint density at radius 2 is 1.52 bits per heavy atom. The zero-order valence-electron chi connectivity index (χ0n) is 18.8. The van der Waals surface area contributed by atoms with E-state index in [-0.39, 0.29) is 5.57 Å². The van der Waals surface area contributed by atoms with Crippen LogP contribution in [0.5, 0.6) is 11.5 Å². The van der Waals surface area contributed by atoms with Crippen LogP contribution in [0.3, 0.4) is 0 Å². The average molecular weight is 447 g/mol. The molecule has 2 heterocycles. The predicted octanol–water partition coefficient (Wildman–Crippen LogP) is 3.55. The first-order valence-corrected chi connectivity index (χ1v) is 10.6. The fourth-order valence-electron chi connectivity index (χ4n) is 3.86. The molecular weight excluding hydrogens is 422 g/mol. The van der Waals surface area contributed by atoms with E-state index in [9.17, 15) is 14.4 Å². The number of hydrogen-bond donors (Lipinski definition) is 0. The van der Waals surface area contributed by atoms with Gasteiger partial charge in [0.25, 0.3) is 11.8 Å². The molecule has 8 nitrogen and oxygen atoms in total. The second-order valence-electron chi connectivity index (χ2n) is 7.72. The van der Waals surface area contributed by atoms with Gasteiger partial charge in [0.15, 0.2) is 11.5 Å². The SMILES string of the molecule is COc1ccccc1OCCCn1cc(C=C2C(=O)N(C)C(=O)N(C)C2=O)c2ccccc21. The number of ether oxygens (including phenoxy) is 2. The summed E-state index contributed by atoms with van der Waals surface area (Å²) in [5.74, 6) is 0.170. The maximum atomic E-state index is 12.6. The first-order chi connectivity index (χ1) is 15.9. The summed E-state index contributed by atoms with van der Waals surface area (Å²) < 4.78 is 13.3. The van der Waals surface area contributed by atoms with E-state index in [0.29, 0.717) is 24.7 Å². The number of methoxy groups -OCH3 is 1. The van der Waals surface area contributed by atoms with Gasteiger partial charge in [-0.25, -0.2) is 4.79 Å². The van der Waals surface area contributed by atoms with E-state index in [1.165, 1.54) is 14.1 Å². The number of urea groups is 1. The van der Waals surface area contributed by atoms with Crippen LogP contribution in [0.15, 0.2) is 60.3 Å². The number of aryl methyl sites for hydroxylation is 1. The summed E-state index contributed by atoms with van der Waals surface area (Å²) in [4.78, 5) is 39.1. The van der Waals surface area contributed by atoms with E-state index >= 15 is 0 Å². The Kier molecular flexibility index (Phi) is 6.17. The molecule has 0 N–H and O–H groups in total. The van der Waals surface area contributed by atoms with Crippen LogP contribution in [0, 0.1) is 0 Å². The van der Waals surface area contributed by atoms with Gasteiger partial charge < -0.3 is 14.0 Å². The van der Waals surface area contributed by atoms with Gasteiger partial charge >= 0.3 is 6.03 Å². The smallest absolute Gasteiger partial charge is 0.333 e. The normalized spacial score (nSPS) is 14.3. The number of carbonyl (C=O) groups is 3. The van der Waals surface area contributed by atoms with Crippen LogP contribution in [0.1, 0.15) is 12.0 Å². The Labute approximate surface area is 191 Å². The van der Waals surface area contributed by atoms with E-state index < -0.39 is 17.8 Å². The fraction of sp³-hybridized carbons (Fsp3) is 0.240. The summed E-state index contributed by atoms with van der Waals surface area (Å²) in [5.41, 5.74) is 1.68. The zero-order valence-corrected chi connectivity index (χ0v) is 18.8. The van der Waals surface area contributed by atoms with Gasteiger partial charge in [-0.3, -0.25) is 19.4 Å². The molecule has 1 fully saturated rings. The third kappa shape index (κ3) is 4.19. The Hall–Kier alpha value is -4.07. The van der Waals surface area contributed by atoms with Crippen LogP contribution in [0.4, 0.5) is 4.79 Å². The van der Waals surface area contributed by atoms with Gasteiger partial charge in [-0.15, -0.1) is 0 Å². The Morgan fingerprint density at radius 3 is 2.21 bits per heavy atom. The Bertz CT molecular complexity index is 1230. The summed E-state index contributed by atoms with van der Waals surface area (Å²) in [6.07, 6.45) is 4.22. The minimum Gasteiger partial charge on any atom is -0.493 e. The third-order valence-electron chi connectivity index (χ3n) is 5.63. The van der Waals surface area contributed by atoms with Crippen LogP contribution >= 0.6 is 0 Å². The van der Waals surface area contributed by atoms with Crippen molar-refractivity contribution < 1.29 is 23.9 Å². The summed E-state index contributed by atoms with van der Waals surface area (Å²) in [6.45, 7) is 1.18. The summed E-state index contributed by atoms with van der Waals surface area (Å²) in [7, 11) is 4.34. The van der Waals surface area contributed by atoms with Crippen molar-refractivity contribution in [3.63, 3.8) is 0 Å². The topological polar surface area (TPSA) is 81.1 Å². The minimum absolute atomic E-state index is 0.0398. The lowest BCUT2D eigenvalue weighted by molar-refractivity contribution is -0.134. The lowest BCUT2D eigenvalue weighted by atomic mass is 10.1. The molecule has 0 unspecified atom stereocenters. The second kappa shape index (κ2) is 9.20. The van der Waals surface area contributed by atoms with Crippen LogP contribution < -0.4 is 9.47 Å². The number of carbonyl (C=O) groups excluding carboxylic acids is 3.